The lowest BCUT2D eigenvalue weighted by Gasteiger charge is -2.28. The van der Waals surface area contributed by atoms with E-state index < -0.39 is 0 Å². The van der Waals surface area contributed by atoms with Crippen LogP contribution in [0.1, 0.15) is 11.1 Å². The predicted octanol–water partition coefficient (Wildman–Crippen LogP) is 0.974. The summed E-state index contributed by atoms with van der Waals surface area (Å²) < 4.78 is 0. The Morgan fingerprint density at radius 1 is 1.35 bits per heavy atom. The minimum Gasteiger partial charge on any atom is -0.341 e. The van der Waals surface area contributed by atoms with E-state index in [-0.39, 0.29) is 6.03 Å². The number of hydrogen-bond donors (Lipinski definition) is 2. The van der Waals surface area contributed by atoms with Crippen LogP contribution in [0, 0.1) is 0 Å². The molecule has 0 saturated carbocycles. The lowest BCUT2D eigenvalue weighted by atomic mass is 10.00. The lowest BCUT2D eigenvalue weighted by molar-refractivity contribution is 0.232. The summed E-state index contributed by atoms with van der Waals surface area (Å²) in [5.41, 5.74) is 2.88. The number of nitrogens with zero attached hydrogens (tertiary/aromatic N) is 1. The quantitative estimate of drug-likeness (QED) is 0.817. The normalized spacial score (nSPS) is 15.1. The lowest BCUT2D eigenvalue weighted by Crippen LogP contribution is -2.40. The molecule has 2 N–H and O–H groups in total. The van der Waals surface area contributed by atoms with Crippen molar-refractivity contribution in [3.63, 3.8) is 0 Å². The van der Waals surface area contributed by atoms with Crippen molar-refractivity contribution < 1.29 is 4.79 Å². The summed E-state index contributed by atoms with van der Waals surface area (Å²) in [7, 11) is 1.63. The predicted molar refractivity (Wildman–Crippen MR) is 67.9 cm³/mol. The molecule has 92 valence electrons. The van der Waals surface area contributed by atoms with Crippen molar-refractivity contribution in [1.29, 1.82) is 0 Å². The van der Waals surface area contributed by atoms with E-state index in [2.05, 4.69) is 39.8 Å². The molecule has 1 heterocycles. The molecule has 1 aliphatic rings. The van der Waals surface area contributed by atoms with Crippen LogP contribution in [-0.4, -0.2) is 37.6 Å². The summed E-state index contributed by atoms with van der Waals surface area (Å²) >= 11 is 0. The van der Waals surface area contributed by atoms with Gasteiger partial charge in [0.05, 0.1) is 0 Å². The molecule has 4 heteroatoms. The highest BCUT2D eigenvalue weighted by Gasteiger charge is 2.14. The first-order valence-electron chi connectivity index (χ1n) is 6.04. The Morgan fingerprint density at radius 3 is 2.88 bits per heavy atom. The first-order chi connectivity index (χ1) is 8.29. The Hall–Kier alpha value is -1.55. The van der Waals surface area contributed by atoms with Crippen LogP contribution < -0.4 is 10.6 Å². The van der Waals surface area contributed by atoms with Gasteiger partial charge in [-0.1, -0.05) is 24.3 Å². The highest BCUT2D eigenvalue weighted by atomic mass is 16.2. The maximum atomic E-state index is 11.0. The Balaban J connectivity index is 1.80. The first kappa shape index (κ1) is 11.9. The van der Waals surface area contributed by atoms with Crippen LogP contribution in [0.25, 0.3) is 0 Å². The molecule has 0 unspecified atom stereocenters. The monoisotopic (exact) mass is 233 g/mol. The molecule has 0 aliphatic carbocycles. The van der Waals surface area contributed by atoms with Crippen molar-refractivity contribution in [3.05, 3.63) is 35.4 Å². The average molecular weight is 233 g/mol. The number of amides is 2. The van der Waals surface area contributed by atoms with Gasteiger partial charge in [0.25, 0.3) is 0 Å². The Kier molecular flexibility index (Phi) is 3.98. The first-order valence-corrected chi connectivity index (χ1v) is 6.04. The van der Waals surface area contributed by atoms with Gasteiger partial charge in [-0.05, 0) is 17.5 Å². The summed E-state index contributed by atoms with van der Waals surface area (Å²) in [5.74, 6) is 0. The fraction of sp³-hybridized carbons (Fsp3) is 0.462. The topological polar surface area (TPSA) is 44.4 Å². The summed E-state index contributed by atoms with van der Waals surface area (Å²) in [4.78, 5) is 13.4. The van der Waals surface area contributed by atoms with Crippen molar-refractivity contribution in [2.24, 2.45) is 0 Å². The van der Waals surface area contributed by atoms with Crippen LogP contribution in [0.5, 0.6) is 0 Å². The van der Waals surface area contributed by atoms with Gasteiger partial charge in [-0.15, -0.1) is 0 Å². The van der Waals surface area contributed by atoms with Crippen molar-refractivity contribution in [2.75, 3.05) is 26.7 Å². The van der Waals surface area contributed by atoms with E-state index in [4.69, 9.17) is 0 Å². The molecule has 17 heavy (non-hydrogen) atoms. The second kappa shape index (κ2) is 5.68. The highest BCUT2D eigenvalue weighted by molar-refractivity contribution is 5.73. The van der Waals surface area contributed by atoms with Crippen molar-refractivity contribution in [2.45, 2.75) is 13.0 Å². The van der Waals surface area contributed by atoms with Crippen molar-refractivity contribution in [3.8, 4) is 0 Å². The van der Waals surface area contributed by atoms with Gasteiger partial charge in [0, 0.05) is 33.2 Å². The van der Waals surface area contributed by atoms with E-state index in [0.29, 0.717) is 6.54 Å². The zero-order valence-corrected chi connectivity index (χ0v) is 10.2. The van der Waals surface area contributed by atoms with E-state index in [0.717, 1.165) is 26.1 Å². The van der Waals surface area contributed by atoms with Gasteiger partial charge < -0.3 is 10.6 Å². The van der Waals surface area contributed by atoms with E-state index in [9.17, 15) is 4.79 Å². The van der Waals surface area contributed by atoms with Gasteiger partial charge >= 0.3 is 6.03 Å². The molecule has 0 radical (unpaired) electrons. The second-order valence-corrected chi connectivity index (χ2v) is 4.30. The molecule has 1 aromatic carbocycles. The smallest absolute Gasteiger partial charge is 0.314 e. The third-order valence-corrected chi connectivity index (χ3v) is 3.15. The Labute approximate surface area is 102 Å². The number of carbonyl (C=O) groups excluding carboxylic acids is 1. The molecule has 0 aromatic heterocycles. The average Bonchev–Trinajstić information content (AvgIpc) is 2.38. The van der Waals surface area contributed by atoms with Crippen LogP contribution >= 0.6 is 0 Å². The van der Waals surface area contributed by atoms with Crippen LogP contribution in [0.15, 0.2) is 24.3 Å². The summed E-state index contributed by atoms with van der Waals surface area (Å²) in [6.07, 6.45) is 1.11. The van der Waals surface area contributed by atoms with E-state index >= 15 is 0 Å². The third kappa shape index (κ3) is 3.20. The van der Waals surface area contributed by atoms with Gasteiger partial charge in [-0.2, -0.15) is 0 Å². The van der Waals surface area contributed by atoms with Crippen LogP contribution in [0.2, 0.25) is 0 Å². The molecular weight excluding hydrogens is 214 g/mol. The zero-order chi connectivity index (χ0) is 12.1. The van der Waals surface area contributed by atoms with Crippen LogP contribution in [-0.2, 0) is 13.0 Å². The van der Waals surface area contributed by atoms with E-state index in [1.165, 1.54) is 11.1 Å². The molecule has 0 saturated heterocycles. The zero-order valence-electron chi connectivity index (χ0n) is 10.2. The maximum absolute atomic E-state index is 11.0. The fourth-order valence-electron chi connectivity index (χ4n) is 2.16. The number of rotatable bonds is 3. The third-order valence-electron chi connectivity index (χ3n) is 3.15. The Bertz CT molecular complexity index is 392. The number of fused-ring (bicyclic) bond motifs is 1. The molecule has 1 aromatic rings. The van der Waals surface area contributed by atoms with Gasteiger partial charge in [0.2, 0.25) is 0 Å². The summed E-state index contributed by atoms with van der Waals surface area (Å²) in [5, 5.41) is 5.36. The van der Waals surface area contributed by atoms with Gasteiger partial charge in [-0.25, -0.2) is 4.79 Å². The van der Waals surface area contributed by atoms with Gasteiger partial charge in [0.1, 0.15) is 0 Å². The molecule has 0 atom stereocenters. The number of urea groups is 1. The number of hydrogen-bond acceptors (Lipinski definition) is 2. The Morgan fingerprint density at radius 2 is 2.12 bits per heavy atom. The van der Waals surface area contributed by atoms with Crippen molar-refractivity contribution in [1.82, 2.24) is 15.5 Å². The largest absolute Gasteiger partial charge is 0.341 e. The number of carbonyl (C=O) groups is 1. The number of benzene rings is 1. The molecule has 4 nitrogen and oxygen atoms in total. The summed E-state index contributed by atoms with van der Waals surface area (Å²) in [6, 6.07) is 8.47. The molecule has 0 bridgehead atoms. The van der Waals surface area contributed by atoms with E-state index in [1.807, 2.05) is 0 Å². The number of nitrogens with one attached hydrogen (secondary N) is 2. The second-order valence-electron chi connectivity index (χ2n) is 4.30. The standard InChI is InChI=1S/C13H19N3O/c1-14-13(17)15-7-9-16-8-6-11-4-2-3-5-12(11)10-16/h2-5H,6-10H2,1H3,(H2,14,15,17). The minimum atomic E-state index is -0.109. The van der Waals surface area contributed by atoms with E-state index in [1.54, 1.807) is 7.05 Å². The molecule has 1 aliphatic heterocycles. The highest BCUT2D eigenvalue weighted by Crippen LogP contribution is 2.17. The molecule has 2 rings (SSSR count). The molecular formula is C13H19N3O. The maximum Gasteiger partial charge on any atom is 0.314 e. The molecule has 0 spiro atoms. The summed E-state index contributed by atoms with van der Waals surface area (Å²) in [6.45, 7) is 3.67. The van der Waals surface area contributed by atoms with Gasteiger partial charge in [-0.3, -0.25) is 4.90 Å². The SMILES string of the molecule is CNC(=O)NCCN1CCc2ccccc2C1. The fourth-order valence-corrected chi connectivity index (χ4v) is 2.16. The minimum absolute atomic E-state index is 0.109. The molecule has 2 amide bonds. The molecule has 0 fully saturated rings. The van der Waals surface area contributed by atoms with Crippen LogP contribution in [0.4, 0.5) is 4.79 Å². The van der Waals surface area contributed by atoms with Crippen LogP contribution in [0.3, 0.4) is 0 Å². The van der Waals surface area contributed by atoms with Crippen molar-refractivity contribution >= 4 is 6.03 Å². The van der Waals surface area contributed by atoms with Gasteiger partial charge in [0.15, 0.2) is 0 Å².